The minimum Gasteiger partial charge on any atom is -1.00 e. The maximum Gasteiger partial charge on any atom is 3.00 e. The topological polar surface area (TPSA) is 0 Å². The molecule has 0 N–H and O–H groups in total. The van der Waals surface area contributed by atoms with Gasteiger partial charge in [0, 0.05) is 0 Å². The van der Waals surface area contributed by atoms with Crippen LogP contribution in [0.3, 0.4) is 0 Å². The first kappa shape index (κ1) is 21.3. The van der Waals surface area contributed by atoms with Crippen molar-refractivity contribution in [3.8, 4) is 0 Å². The molecule has 0 aliphatic heterocycles. The van der Waals surface area contributed by atoms with Gasteiger partial charge < -0.3 is 24.8 Å². The Bertz CT molecular complexity index is 198. The summed E-state index contributed by atoms with van der Waals surface area (Å²) >= 11 is 0. The van der Waals surface area contributed by atoms with Gasteiger partial charge in [0.2, 0.25) is 0 Å². The summed E-state index contributed by atoms with van der Waals surface area (Å²) in [7, 11) is 0. The first-order chi connectivity index (χ1) is 5.83. The molecule has 85 valence electrons. The molecule has 0 nitrogen and oxygen atoms in total. The van der Waals surface area contributed by atoms with Crippen molar-refractivity contribution in [1.82, 2.24) is 0 Å². The zero-order valence-corrected chi connectivity index (χ0v) is 13.5. The Morgan fingerprint density at radius 3 is 2.33 bits per heavy atom. The van der Waals surface area contributed by atoms with E-state index in [1.807, 2.05) is 0 Å². The van der Waals surface area contributed by atoms with E-state index in [1.54, 1.807) is 0 Å². The summed E-state index contributed by atoms with van der Waals surface area (Å²) in [6.07, 6.45) is 13.6. The minimum atomic E-state index is 0. The Labute approximate surface area is 126 Å². The van der Waals surface area contributed by atoms with E-state index in [0.717, 1.165) is 6.42 Å². The van der Waals surface area contributed by atoms with Crippen molar-refractivity contribution < 1.29 is 51.0 Å². The molecule has 15 heavy (non-hydrogen) atoms. The Hall–Kier alpha value is 0.943. The Kier molecular flexibility index (Phi) is 18.4. The van der Waals surface area contributed by atoms with Crippen molar-refractivity contribution >= 4 is 0 Å². The van der Waals surface area contributed by atoms with E-state index in [0.29, 0.717) is 0 Å². The average Bonchev–Trinajstić information content (AvgIpc) is 2.45. The van der Waals surface area contributed by atoms with E-state index in [4.69, 9.17) is 0 Å². The van der Waals surface area contributed by atoms with Gasteiger partial charge in [0.25, 0.3) is 0 Å². The quantitative estimate of drug-likeness (QED) is 0.407. The number of rotatable bonds is 5. The molecule has 0 aromatic heterocycles. The Morgan fingerprint density at radius 2 is 1.87 bits per heavy atom. The summed E-state index contributed by atoms with van der Waals surface area (Å²) in [6.45, 7) is 4.42. The number of halogens is 2. The molecule has 1 aliphatic carbocycles. The van der Waals surface area contributed by atoms with Gasteiger partial charge in [-0.2, -0.15) is 5.57 Å². The van der Waals surface area contributed by atoms with E-state index in [1.165, 1.54) is 43.3 Å². The van der Waals surface area contributed by atoms with Gasteiger partial charge in [-0.15, -0.1) is 0 Å². The summed E-state index contributed by atoms with van der Waals surface area (Å²) < 4.78 is 0. The van der Waals surface area contributed by atoms with E-state index in [9.17, 15) is 0 Å². The molecular formula is C12H19Cl2Zr. The fourth-order valence-corrected chi connectivity index (χ4v) is 1.56. The third-order valence-electron chi connectivity index (χ3n) is 2.33. The van der Waals surface area contributed by atoms with Crippen LogP contribution >= 0.6 is 0 Å². The molecule has 0 atom stereocenters. The van der Waals surface area contributed by atoms with E-state index >= 15 is 0 Å². The first-order valence-electron chi connectivity index (χ1n) is 5.11. The predicted molar refractivity (Wildman–Crippen MR) is 53.9 cm³/mol. The van der Waals surface area contributed by atoms with E-state index < -0.39 is 0 Å². The molecule has 0 unspecified atom stereocenters. The molecule has 1 aliphatic rings. The molecular weight excluding hydrogens is 306 g/mol. The SMILES string of the molecule is CCCCCCC1=CCC(C)=[C-]1.[Cl-].[Cl-].[Zr+3]. The second-order valence-electron chi connectivity index (χ2n) is 3.65. The predicted octanol–water partition coefficient (Wildman–Crippen LogP) is -1.96. The number of hydrogen-bond donors (Lipinski definition) is 0. The second-order valence-corrected chi connectivity index (χ2v) is 3.65. The van der Waals surface area contributed by atoms with Crippen LogP contribution in [-0.4, -0.2) is 0 Å². The van der Waals surface area contributed by atoms with Crippen molar-refractivity contribution in [2.24, 2.45) is 0 Å². The molecule has 0 amide bonds. The van der Waals surface area contributed by atoms with Crippen LogP contribution in [0.1, 0.15) is 52.4 Å². The molecule has 0 bridgehead atoms. The van der Waals surface area contributed by atoms with Gasteiger partial charge in [-0.25, -0.2) is 17.7 Å². The summed E-state index contributed by atoms with van der Waals surface area (Å²) in [6, 6.07) is 0. The minimum absolute atomic E-state index is 0. The number of unbranched alkanes of at least 4 members (excludes halogenated alkanes) is 3. The Morgan fingerprint density at radius 1 is 1.20 bits per heavy atom. The normalized spacial score (nSPS) is 12.9. The molecule has 0 aromatic rings. The van der Waals surface area contributed by atoms with Crippen LogP contribution in [0.4, 0.5) is 0 Å². The molecule has 0 aromatic carbocycles. The molecule has 0 saturated heterocycles. The van der Waals surface area contributed by atoms with Crippen molar-refractivity contribution in [1.29, 1.82) is 0 Å². The van der Waals surface area contributed by atoms with Crippen LogP contribution in [0.25, 0.3) is 0 Å². The molecule has 1 rings (SSSR count). The van der Waals surface area contributed by atoms with Crippen LogP contribution in [-0.2, 0) is 26.2 Å². The van der Waals surface area contributed by atoms with E-state index in [-0.39, 0.29) is 51.0 Å². The Balaban J connectivity index is -0.000000480. The van der Waals surface area contributed by atoms with Gasteiger partial charge in [0.05, 0.1) is 0 Å². The van der Waals surface area contributed by atoms with Gasteiger partial charge in [-0.3, -0.25) is 0 Å². The van der Waals surface area contributed by atoms with Gasteiger partial charge in [0.1, 0.15) is 0 Å². The van der Waals surface area contributed by atoms with Gasteiger partial charge in [-0.1, -0.05) is 52.4 Å². The zero-order valence-electron chi connectivity index (χ0n) is 9.58. The molecule has 0 spiro atoms. The molecule has 0 heterocycles. The van der Waals surface area contributed by atoms with Crippen molar-refractivity contribution in [3.63, 3.8) is 0 Å². The number of allylic oxidation sites excluding steroid dienone is 4. The van der Waals surface area contributed by atoms with Crippen LogP contribution in [0, 0.1) is 6.08 Å². The average molecular weight is 325 g/mol. The maximum atomic E-state index is 3.41. The molecule has 0 fully saturated rings. The fourth-order valence-electron chi connectivity index (χ4n) is 1.56. The number of hydrogen-bond acceptors (Lipinski definition) is 0. The van der Waals surface area contributed by atoms with Gasteiger partial charge in [-0.05, 0) is 0 Å². The molecule has 3 heteroatoms. The summed E-state index contributed by atoms with van der Waals surface area (Å²) in [4.78, 5) is 0. The van der Waals surface area contributed by atoms with Gasteiger partial charge >= 0.3 is 26.2 Å². The largest absolute Gasteiger partial charge is 3.00 e. The van der Waals surface area contributed by atoms with Crippen LogP contribution in [0.2, 0.25) is 0 Å². The van der Waals surface area contributed by atoms with Crippen LogP contribution in [0.5, 0.6) is 0 Å². The molecule has 0 saturated carbocycles. The standard InChI is InChI=1S/C12H19.2ClH.Zr/c1-3-4-5-6-7-12-9-8-11(2)10-12;;;/h9H,3-8H2,1-2H3;2*1H;/q-1;;;+3/p-2. The summed E-state index contributed by atoms with van der Waals surface area (Å²) in [5.41, 5.74) is 2.85. The zero-order chi connectivity index (χ0) is 8.81. The fraction of sp³-hybridized carbons (Fsp3) is 0.667. The third kappa shape index (κ3) is 9.85. The third-order valence-corrected chi connectivity index (χ3v) is 2.33. The van der Waals surface area contributed by atoms with Crippen LogP contribution in [0.15, 0.2) is 17.2 Å². The van der Waals surface area contributed by atoms with Gasteiger partial charge in [0.15, 0.2) is 0 Å². The van der Waals surface area contributed by atoms with Crippen molar-refractivity contribution in [3.05, 3.63) is 23.3 Å². The summed E-state index contributed by atoms with van der Waals surface area (Å²) in [5.74, 6) is 0. The maximum absolute atomic E-state index is 3.41. The summed E-state index contributed by atoms with van der Waals surface area (Å²) in [5, 5.41) is 0. The van der Waals surface area contributed by atoms with E-state index in [2.05, 4.69) is 26.0 Å². The monoisotopic (exact) mass is 323 g/mol. The smallest absolute Gasteiger partial charge is 1.00 e. The van der Waals surface area contributed by atoms with Crippen LogP contribution < -0.4 is 24.8 Å². The first-order valence-corrected chi connectivity index (χ1v) is 5.11. The molecule has 1 radical (unpaired) electrons. The van der Waals surface area contributed by atoms with Crippen molar-refractivity contribution in [2.75, 3.05) is 0 Å². The van der Waals surface area contributed by atoms with Crippen molar-refractivity contribution in [2.45, 2.75) is 52.4 Å². The second kappa shape index (κ2) is 13.0.